The van der Waals surface area contributed by atoms with Gasteiger partial charge in [0.05, 0.1) is 28.6 Å². The van der Waals surface area contributed by atoms with Gasteiger partial charge in [-0.3, -0.25) is 0 Å². The van der Waals surface area contributed by atoms with E-state index in [2.05, 4.69) is 37.5 Å². The van der Waals surface area contributed by atoms with Crippen LogP contribution in [0.1, 0.15) is 48.9 Å². The van der Waals surface area contributed by atoms with Gasteiger partial charge >= 0.3 is 0 Å². The lowest BCUT2D eigenvalue weighted by Gasteiger charge is -2.18. The Labute approximate surface area is 207 Å². The first kappa shape index (κ1) is 25.2. The normalized spacial score (nSPS) is 16.7. The topological polar surface area (TPSA) is 64.4 Å². The van der Waals surface area contributed by atoms with Crippen LogP contribution in [0.3, 0.4) is 0 Å². The predicted octanol–water partition coefficient (Wildman–Crippen LogP) is 5.46. The van der Waals surface area contributed by atoms with E-state index in [1.165, 1.54) is 26.6 Å². The van der Waals surface area contributed by atoms with Gasteiger partial charge in [0.25, 0.3) is 0 Å². The van der Waals surface area contributed by atoms with Crippen LogP contribution in [0.4, 0.5) is 0 Å². The lowest BCUT2D eigenvalue weighted by Crippen LogP contribution is -2.30. The minimum Gasteiger partial charge on any atom is -0.376 e. The van der Waals surface area contributed by atoms with Gasteiger partial charge in [-0.05, 0) is 68.5 Å². The first-order valence-electron chi connectivity index (χ1n) is 12.1. The molecule has 0 spiro atoms. The summed E-state index contributed by atoms with van der Waals surface area (Å²) in [6.07, 6.45) is 2.28. The number of aromatic nitrogens is 2. The van der Waals surface area contributed by atoms with Crippen LogP contribution in [0, 0.1) is 20.8 Å². The summed E-state index contributed by atoms with van der Waals surface area (Å²) in [5.41, 5.74) is 6.85. The van der Waals surface area contributed by atoms with Gasteiger partial charge in [0.15, 0.2) is 5.16 Å². The maximum atomic E-state index is 13.1. The Bertz CT molecular complexity index is 1250. The van der Waals surface area contributed by atoms with Crippen molar-refractivity contribution >= 4 is 32.8 Å². The summed E-state index contributed by atoms with van der Waals surface area (Å²) >= 11 is 1.71. The fourth-order valence-electron chi connectivity index (χ4n) is 4.81. The number of rotatable bonds is 9. The van der Waals surface area contributed by atoms with Gasteiger partial charge in [0.1, 0.15) is 0 Å². The zero-order chi connectivity index (χ0) is 24.5. The second kappa shape index (κ2) is 10.4. The summed E-state index contributed by atoms with van der Waals surface area (Å²) in [4.78, 5) is 5.22. The van der Waals surface area contributed by atoms with Crippen LogP contribution in [-0.4, -0.2) is 48.1 Å². The quantitative estimate of drug-likeness (QED) is 0.364. The summed E-state index contributed by atoms with van der Waals surface area (Å²) in [7, 11) is -3.54. The monoisotopic (exact) mass is 501 g/mol. The summed E-state index contributed by atoms with van der Waals surface area (Å²) in [5.74, 6) is 0.817. The van der Waals surface area contributed by atoms with Crippen LogP contribution in [0.25, 0.3) is 11.0 Å². The van der Waals surface area contributed by atoms with E-state index in [0.717, 1.165) is 42.4 Å². The predicted molar refractivity (Wildman–Crippen MR) is 139 cm³/mol. The fourth-order valence-corrected chi connectivity index (χ4v) is 7.51. The molecule has 1 aliphatic rings. The molecular formula is C26H35N3O3S2. The molecule has 1 fully saturated rings. The van der Waals surface area contributed by atoms with E-state index < -0.39 is 10.0 Å². The molecule has 0 aliphatic carbocycles. The van der Waals surface area contributed by atoms with Crippen LogP contribution in [0.5, 0.6) is 0 Å². The zero-order valence-electron chi connectivity index (χ0n) is 20.8. The van der Waals surface area contributed by atoms with E-state index in [9.17, 15) is 8.42 Å². The van der Waals surface area contributed by atoms with Crippen LogP contribution < -0.4 is 0 Å². The fraction of sp³-hybridized carbons (Fsp3) is 0.500. The highest BCUT2D eigenvalue weighted by atomic mass is 32.2. The van der Waals surface area contributed by atoms with Crippen molar-refractivity contribution in [1.29, 1.82) is 0 Å². The number of benzene rings is 2. The number of sulfonamides is 1. The number of imidazole rings is 1. The Morgan fingerprint density at radius 1 is 1.12 bits per heavy atom. The second-order valence-electron chi connectivity index (χ2n) is 9.05. The third kappa shape index (κ3) is 5.05. The number of hydrogen-bond acceptors (Lipinski definition) is 5. The van der Waals surface area contributed by atoms with Crippen molar-refractivity contribution < 1.29 is 13.2 Å². The first-order valence-corrected chi connectivity index (χ1v) is 14.5. The average Bonchev–Trinajstić information content (AvgIpc) is 3.41. The van der Waals surface area contributed by atoms with Crippen molar-refractivity contribution in [2.45, 2.75) is 75.9 Å². The molecule has 0 saturated carbocycles. The summed E-state index contributed by atoms with van der Waals surface area (Å²) in [6.45, 7) is 12.6. The van der Waals surface area contributed by atoms with Crippen molar-refractivity contribution in [2.24, 2.45) is 0 Å². The highest BCUT2D eigenvalue weighted by Gasteiger charge is 2.25. The Hall–Kier alpha value is -1.87. The van der Waals surface area contributed by atoms with E-state index >= 15 is 0 Å². The summed E-state index contributed by atoms with van der Waals surface area (Å²) < 4.78 is 35.8. The van der Waals surface area contributed by atoms with E-state index in [1.54, 1.807) is 23.9 Å². The second-order valence-corrected chi connectivity index (χ2v) is 11.9. The molecular weight excluding hydrogens is 466 g/mol. The third-order valence-electron chi connectivity index (χ3n) is 6.62. The van der Waals surface area contributed by atoms with Crippen molar-refractivity contribution in [2.75, 3.05) is 19.7 Å². The van der Waals surface area contributed by atoms with Crippen molar-refractivity contribution in [3.8, 4) is 0 Å². The van der Waals surface area contributed by atoms with Crippen LogP contribution in [-0.2, 0) is 27.1 Å². The molecule has 3 aromatic rings. The van der Waals surface area contributed by atoms with Gasteiger partial charge in [0.2, 0.25) is 10.0 Å². The van der Waals surface area contributed by atoms with Gasteiger partial charge in [-0.2, -0.15) is 4.31 Å². The maximum absolute atomic E-state index is 13.1. The van der Waals surface area contributed by atoms with E-state index in [-0.39, 0.29) is 6.10 Å². The minimum absolute atomic E-state index is 0.165. The molecule has 1 saturated heterocycles. The smallest absolute Gasteiger partial charge is 0.243 e. The molecule has 184 valence electrons. The number of aryl methyl sites for hydroxylation is 3. The molecule has 6 nitrogen and oxygen atoms in total. The van der Waals surface area contributed by atoms with Crippen molar-refractivity contribution in [3.63, 3.8) is 0 Å². The lowest BCUT2D eigenvalue weighted by molar-refractivity contribution is 0.0960. The van der Waals surface area contributed by atoms with Gasteiger partial charge < -0.3 is 9.30 Å². The number of fused-ring (bicyclic) bond motifs is 1. The van der Waals surface area contributed by atoms with Gasteiger partial charge in [0, 0.05) is 25.4 Å². The molecule has 8 heteroatoms. The van der Waals surface area contributed by atoms with Gasteiger partial charge in [-0.25, -0.2) is 13.4 Å². The molecule has 2 heterocycles. The average molecular weight is 502 g/mol. The number of thioether (sulfide) groups is 1. The zero-order valence-corrected chi connectivity index (χ0v) is 22.4. The molecule has 0 unspecified atom stereocenters. The largest absolute Gasteiger partial charge is 0.376 e. The number of ether oxygens (including phenoxy) is 1. The molecule has 1 aromatic heterocycles. The Balaban J connectivity index is 1.72. The van der Waals surface area contributed by atoms with Crippen molar-refractivity contribution in [1.82, 2.24) is 13.9 Å². The maximum Gasteiger partial charge on any atom is 0.243 e. The highest BCUT2D eigenvalue weighted by molar-refractivity contribution is 7.98. The van der Waals surface area contributed by atoms with Crippen molar-refractivity contribution in [3.05, 3.63) is 52.6 Å². The molecule has 0 amide bonds. The molecule has 1 atom stereocenters. The molecule has 4 rings (SSSR count). The Morgan fingerprint density at radius 2 is 1.82 bits per heavy atom. The highest BCUT2D eigenvalue weighted by Crippen LogP contribution is 2.32. The van der Waals surface area contributed by atoms with Gasteiger partial charge in [-0.1, -0.05) is 43.3 Å². The molecule has 0 bridgehead atoms. The number of nitrogens with zero attached hydrogens (tertiary/aromatic N) is 3. The van der Waals surface area contributed by atoms with E-state index in [0.29, 0.717) is 23.5 Å². The van der Waals surface area contributed by atoms with E-state index in [4.69, 9.17) is 9.72 Å². The summed E-state index contributed by atoms with van der Waals surface area (Å²) in [6, 6.07) is 9.79. The SMILES string of the molecule is CCN(CC)S(=O)(=O)c1ccc2c(c1)nc(SCc1c(C)cc(C)cc1C)n2C[C@H]1CCCO1. The minimum atomic E-state index is -3.54. The molecule has 0 radical (unpaired) electrons. The van der Waals surface area contributed by atoms with Crippen LogP contribution >= 0.6 is 11.8 Å². The van der Waals surface area contributed by atoms with E-state index in [1.807, 2.05) is 19.9 Å². The Kier molecular flexibility index (Phi) is 7.72. The molecule has 34 heavy (non-hydrogen) atoms. The van der Waals surface area contributed by atoms with Crippen LogP contribution in [0.15, 0.2) is 40.4 Å². The summed E-state index contributed by atoms with van der Waals surface area (Å²) in [5, 5.41) is 0.905. The molecule has 0 N–H and O–H groups in total. The third-order valence-corrected chi connectivity index (χ3v) is 9.67. The first-order chi connectivity index (χ1) is 16.2. The Morgan fingerprint density at radius 3 is 2.44 bits per heavy atom. The molecule has 1 aliphatic heterocycles. The number of hydrogen-bond donors (Lipinski definition) is 0. The lowest BCUT2D eigenvalue weighted by atomic mass is 10.0. The van der Waals surface area contributed by atoms with Gasteiger partial charge in [-0.15, -0.1) is 0 Å². The molecule has 2 aromatic carbocycles. The van der Waals surface area contributed by atoms with Crippen LogP contribution in [0.2, 0.25) is 0 Å². The standard InChI is InChI=1S/C26H35N3O3S2/c1-6-28(7-2)34(30,31)22-10-11-25-24(15-22)27-26(29(25)16-21-9-8-12-32-21)33-17-23-19(4)13-18(3)14-20(23)5/h10-11,13-15,21H,6-9,12,16-17H2,1-5H3/t21-/m1/s1.